The number of fused-ring (bicyclic) bond motifs is 1. The molecule has 0 atom stereocenters. The number of carbonyl (C=O) groups is 2. The molecule has 1 heterocycles. The topological polar surface area (TPSA) is 52.6 Å². The Morgan fingerprint density at radius 2 is 1.71 bits per heavy atom. The van der Waals surface area contributed by atoms with Crippen LogP contribution in [-0.2, 0) is 5.41 Å². The van der Waals surface area contributed by atoms with E-state index in [0.29, 0.717) is 11.3 Å². The summed E-state index contributed by atoms with van der Waals surface area (Å²) in [6.07, 6.45) is 1.68. The van der Waals surface area contributed by atoms with Gasteiger partial charge in [0.25, 0.3) is 0 Å². The Balaban J connectivity index is 1.53. The molecule has 0 saturated carbocycles. The van der Waals surface area contributed by atoms with Gasteiger partial charge in [0.05, 0.1) is 11.1 Å². The van der Waals surface area contributed by atoms with E-state index in [-0.39, 0.29) is 28.3 Å². The van der Waals surface area contributed by atoms with Gasteiger partial charge in [-0.05, 0) is 46.9 Å². The Hall–Kier alpha value is -3.73. The zero-order valence-corrected chi connectivity index (χ0v) is 17.4. The number of esters is 1. The molecule has 0 radical (unpaired) electrons. The zero-order chi connectivity index (χ0) is 22.2. The molecule has 3 aromatic rings. The van der Waals surface area contributed by atoms with Crippen LogP contribution in [-0.4, -0.2) is 11.8 Å². The lowest BCUT2D eigenvalue weighted by Gasteiger charge is -2.18. The van der Waals surface area contributed by atoms with Gasteiger partial charge in [-0.15, -0.1) is 0 Å². The molecule has 0 N–H and O–H groups in total. The Morgan fingerprint density at radius 1 is 1.00 bits per heavy atom. The average Bonchev–Trinajstić information content (AvgIpc) is 3.02. The summed E-state index contributed by atoms with van der Waals surface area (Å²) in [7, 11) is 0. The molecule has 31 heavy (non-hydrogen) atoms. The fourth-order valence-corrected chi connectivity index (χ4v) is 3.25. The molecule has 0 unspecified atom stereocenters. The minimum absolute atomic E-state index is 0.0398. The number of benzene rings is 3. The van der Waals surface area contributed by atoms with Gasteiger partial charge in [0.1, 0.15) is 17.3 Å². The van der Waals surface area contributed by atoms with Crippen LogP contribution in [0.4, 0.5) is 4.39 Å². The first kappa shape index (κ1) is 20.5. The van der Waals surface area contributed by atoms with Crippen molar-refractivity contribution in [1.29, 1.82) is 0 Å². The summed E-state index contributed by atoms with van der Waals surface area (Å²) in [6, 6.07) is 18.0. The number of rotatable bonds is 3. The van der Waals surface area contributed by atoms with Crippen LogP contribution in [0.15, 0.2) is 72.5 Å². The highest BCUT2D eigenvalue weighted by Crippen LogP contribution is 2.35. The fourth-order valence-electron chi connectivity index (χ4n) is 3.25. The molecule has 5 heteroatoms. The zero-order valence-electron chi connectivity index (χ0n) is 17.4. The van der Waals surface area contributed by atoms with Crippen LogP contribution in [0.5, 0.6) is 11.5 Å². The number of halogens is 1. The minimum atomic E-state index is -0.822. The van der Waals surface area contributed by atoms with E-state index in [4.69, 9.17) is 9.47 Å². The molecule has 0 amide bonds. The van der Waals surface area contributed by atoms with Gasteiger partial charge < -0.3 is 9.47 Å². The lowest BCUT2D eigenvalue weighted by molar-refractivity contribution is 0.0729. The predicted molar refractivity (Wildman–Crippen MR) is 116 cm³/mol. The van der Waals surface area contributed by atoms with E-state index in [9.17, 15) is 14.0 Å². The number of Topliss-reactive ketones (excluding diaryl/α,β-unsaturated/α-hetero) is 1. The molecule has 1 aliphatic rings. The van der Waals surface area contributed by atoms with Crippen molar-refractivity contribution in [3.8, 4) is 11.5 Å². The number of hydrogen-bond donors (Lipinski definition) is 0. The first-order chi connectivity index (χ1) is 14.7. The van der Waals surface area contributed by atoms with Crippen molar-refractivity contribution in [2.45, 2.75) is 26.2 Å². The van der Waals surface area contributed by atoms with Crippen molar-refractivity contribution in [3.63, 3.8) is 0 Å². The Morgan fingerprint density at radius 3 is 2.39 bits per heavy atom. The standard InChI is InChI=1S/C26H21FO4/c1-26(2,3)17-10-8-16(9-11-17)14-23-24(28)20-13-12-18(15-22(20)31-23)30-25(29)19-6-4-5-7-21(19)27/h4-15H,1-3H3/b23-14-. The number of ether oxygens (including phenoxy) is 2. The summed E-state index contributed by atoms with van der Waals surface area (Å²) in [5.74, 6) is -1.09. The summed E-state index contributed by atoms with van der Waals surface area (Å²) < 4.78 is 24.8. The van der Waals surface area contributed by atoms with Crippen LogP contribution in [0.25, 0.3) is 6.08 Å². The number of allylic oxidation sites excluding steroid dienone is 1. The van der Waals surface area contributed by atoms with Gasteiger partial charge in [-0.2, -0.15) is 0 Å². The highest BCUT2D eigenvalue weighted by molar-refractivity contribution is 6.14. The lowest BCUT2D eigenvalue weighted by Crippen LogP contribution is -2.10. The van der Waals surface area contributed by atoms with E-state index in [2.05, 4.69) is 20.8 Å². The lowest BCUT2D eigenvalue weighted by atomic mass is 9.86. The van der Waals surface area contributed by atoms with Crippen LogP contribution >= 0.6 is 0 Å². The molecular weight excluding hydrogens is 395 g/mol. The van der Waals surface area contributed by atoms with Gasteiger partial charge in [-0.25, -0.2) is 9.18 Å². The molecule has 0 saturated heterocycles. The number of hydrogen-bond acceptors (Lipinski definition) is 4. The first-order valence-electron chi connectivity index (χ1n) is 9.88. The van der Waals surface area contributed by atoms with Gasteiger partial charge in [0, 0.05) is 6.07 Å². The van der Waals surface area contributed by atoms with Crippen molar-refractivity contribution >= 4 is 17.8 Å². The molecule has 0 aliphatic carbocycles. The summed E-state index contributed by atoms with van der Waals surface area (Å²) in [6.45, 7) is 6.41. The van der Waals surface area contributed by atoms with Gasteiger partial charge in [0.15, 0.2) is 5.76 Å². The Kier molecular flexibility index (Phi) is 5.19. The van der Waals surface area contributed by atoms with Crippen LogP contribution in [0.1, 0.15) is 52.6 Å². The van der Waals surface area contributed by atoms with E-state index >= 15 is 0 Å². The maximum atomic E-state index is 13.8. The molecule has 1 aliphatic heterocycles. The molecule has 4 nitrogen and oxygen atoms in total. The second-order valence-electron chi connectivity index (χ2n) is 8.34. The van der Waals surface area contributed by atoms with Gasteiger partial charge in [0.2, 0.25) is 5.78 Å². The Labute approximate surface area is 179 Å². The maximum absolute atomic E-state index is 13.8. The quantitative estimate of drug-likeness (QED) is 0.300. The minimum Gasteiger partial charge on any atom is -0.452 e. The van der Waals surface area contributed by atoms with Crippen molar-refractivity contribution < 1.29 is 23.5 Å². The van der Waals surface area contributed by atoms with Crippen LogP contribution in [0, 0.1) is 5.82 Å². The maximum Gasteiger partial charge on any atom is 0.346 e. The second kappa shape index (κ2) is 7.84. The third-order valence-corrected chi connectivity index (χ3v) is 5.02. The molecular formula is C26H21FO4. The summed E-state index contributed by atoms with van der Waals surface area (Å²) in [4.78, 5) is 24.9. The largest absolute Gasteiger partial charge is 0.452 e. The molecule has 4 rings (SSSR count). The SMILES string of the molecule is CC(C)(C)c1ccc(/C=C2\Oc3cc(OC(=O)c4ccccc4F)ccc3C2=O)cc1. The second-order valence-corrected chi connectivity index (χ2v) is 8.34. The smallest absolute Gasteiger partial charge is 0.346 e. The summed E-state index contributed by atoms with van der Waals surface area (Å²) in [5, 5.41) is 0. The molecule has 0 fully saturated rings. The third kappa shape index (κ3) is 4.26. The summed E-state index contributed by atoms with van der Waals surface area (Å²) >= 11 is 0. The average molecular weight is 416 g/mol. The fraction of sp³-hybridized carbons (Fsp3) is 0.154. The summed E-state index contributed by atoms with van der Waals surface area (Å²) in [5.41, 5.74) is 2.29. The van der Waals surface area contributed by atoms with E-state index in [1.165, 1.54) is 42.0 Å². The van der Waals surface area contributed by atoms with Gasteiger partial charge >= 0.3 is 5.97 Å². The van der Waals surface area contributed by atoms with E-state index in [1.54, 1.807) is 12.1 Å². The highest BCUT2D eigenvalue weighted by Gasteiger charge is 2.28. The number of carbonyl (C=O) groups excluding carboxylic acids is 2. The van der Waals surface area contributed by atoms with E-state index < -0.39 is 11.8 Å². The molecule has 156 valence electrons. The van der Waals surface area contributed by atoms with Crippen molar-refractivity contribution in [2.24, 2.45) is 0 Å². The first-order valence-corrected chi connectivity index (χ1v) is 9.88. The van der Waals surface area contributed by atoms with Gasteiger partial charge in [-0.3, -0.25) is 4.79 Å². The highest BCUT2D eigenvalue weighted by atomic mass is 19.1. The third-order valence-electron chi connectivity index (χ3n) is 5.02. The van der Waals surface area contributed by atoms with Crippen LogP contribution < -0.4 is 9.47 Å². The van der Waals surface area contributed by atoms with E-state index in [1.807, 2.05) is 24.3 Å². The Bertz CT molecular complexity index is 1200. The number of ketones is 1. The van der Waals surface area contributed by atoms with Crippen LogP contribution in [0.3, 0.4) is 0 Å². The normalized spacial score (nSPS) is 14.3. The van der Waals surface area contributed by atoms with E-state index in [0.717, 1.165) is 5.56 Å². The van der Waals surface area contributed by atoms with Crippen molar-refractivity contribution in [2.75, 3.05) is 0 Å². The van der Waals surface area contributed by atoms with Gasteiger partial charge in [-0.1, -0.05) is 57.2 Å². The molecule has 0 bridgehead atoms. The molecule has 3 aromatic carbocycles. The monoisotopic (exact) mass is 416 g/mol. The molecule has 0 aromatic heterocycles. The van der Waals surface area contributed by atoms with Crippen molar-refractivity contribution in [1.82, 2.24) is 0 Å². The predicted octanol–water partition coefficient (Wildman–Crippen LogP) is 5.96. The van der Waals surface area contributed by atoms with Crippen LogP contribution in [0.2, 0.25) is 0 Å². The molecule has 0 spiro atoms. The van der Waals surface area contributed by atoms with Crippen molar-refractivity contribution in [3.05, 3.63) is 101 Å².